The zero-order valence-corrected chi connectivity index (χ0v) is 15.6. The van der Waals surface area contributed by atoms with Gasteiger partial charge in [-0.05, 0) is 55.5 Å². The second-order valence-corrected chi connectivity index (χ2v) is 6.61. The summed E-state index contributed by atoms with van der Waals surface area (Å²) in [5.74, 6) is 0.584. The predicted octanol–water partition coefficient (Wildman–Crippen LogP) is 4.41. The first kappa shape index (κ1) is 17.2. The molecule has 0 N–H and O–H groups in total. The van der Waals surface area contributed by atoms with E-state index in [4.69, 9.17) is 9.47 Å². The molecule has 0 saturated heterocycles. The Bertz CT molecular complexity index is 1420. The van der Waals surface area contributed by atoms with Crippen molar-refractivity contribution in [2.75, 3.05) is 6.61 Å². The van der Waals surface area contributed by atoms with Crippen LogP contribution < -0.4 is 10.2 Å². The van der Waals surface area contributed by atoms with Crippen molar-refractivity contribution in [3.05, 3.63) is 82.8 Å². The van der Waals surface area contributed by atoms with E-state index >= 15 is 0 Å². The Morgan fingerprint density at radius 2 is 1.83 bits per heavy atom. The number of para-hydroxylation sites is 1. The number of hydrogen-bond donors (Lipinski definition) is 0. The van der Waals surface area contributed by atoms with Crippen molar-refractivity contribution >= 4 is 33.3 Å². The zero-order valence-electron chi connectivity index (χ0n) is 15.6. The number of aromatic nitrogens is 2. The number of fused-ring (bicyclic) bond motifs is 2. The maximum atomic E-state index is 13.2. The standard InChI is InChI=1S/C23H16N2O4/c1-2-28-23(27)14-7-9-15(10-8-14)29-19-12-11-17-21-20(19)22(26)16-5-3-4-6-18(16)25(21)13-24-17/h3-13H,2H2,1H3. The highest BCUT2D eigenvalue weighted by Gasteiger charge is 2.17. The molecule has 2 heterocycles. The first-order valence-electron chi connectivity index (χ1n) is 9.26. The zero-order chi connectivity index (χ0) is 20.0. The van der Waals surface area contributed by atoms with Gasteiger partial charge in [-0.25, -0.2) is 9.78 Å². The third kappa shape index (κ3) is 2.69. The van der Waals surface area contributed by atoms with Crippen molar-refractivity contribution in [3.63, 3.8) is 0 Å². The van der Waals surface area contributed by atoms with E-state index in [1.54, 1.807) is 49.6 Å². The van der Waals surface area contributed by atoms with E-state index in [-0.39, 0.29) is 11.4 Å². The molecule has 0 aliphatic rings. The van der Waals surface area contributed by atoms with Gasteiger partial charge >= 0.3 is 5.97 Å². The molecule has 2 aromatic heterocycles. The van der Waals surface area contributed by atoms with Gasteiger partial charge in [0.2, 0.25) is 5.43 Å². The fraction of sp³-hybridized carbons (Fsp3) is 0.0870. The summed E-state index contributed by atoms with van der Waals surface area (Å²) in [5.41, 5.74) is 2.61. The second kappa shape index (κ2) is 6.60. The highest BCUT2D eigenvalue weighted by Crippen LogP contribution is 2.32. The maximum absolute atomic E-state index is 13.2. The third-order valence-electron chi connectivity index (χ3n) is 4.90. The van der Waals surface area contributed by atoms with Gasteiger partial charge in [-0.3, -0.25) is 9.20 Å². The van der Waals surface area contributed by atoms with E-state index in [1.165, 1.54) is 0 Å². The molecule has 0 saturated carbocycles. The van der Waals surface area contributed by atoms with E-state index < -0.39 is 0 Å². The summed E-state index contributed by atoms with van der Waals surface area (Å²) in [6, 6.07) is 17.7. The van der Waals surface area contributed by atoms with E-state index in [1.807, 2.05) is 28.7 Å². The number of pyridine rings is 1. The van der Waals surface area contributed by atoms with E-state index in [0.29, 0.717) is 34.4 Å². The summed E-state index contributed by atoms with van der Waals surface area (Å²) in [6.45, 7) is 2.08. The van der Waals surface area contributed by atoms with Gasteiger partial charge in [0.05, 0.1) is 34.1 Å². The molecule has 0 radical (unpaired) electrons. The van der Waals surface area contributed by atoms with Gasteiger partial charge < -0.3 is 9.47 Å². The number of imidazole rings is 1. The molecule has 6 heteroatoms. The molecule has 5 rings (SSSR count). The molecule has 0 aliphatic carbocycles. The normalized spacial score (nSPS) is 11.3. The second-order valence-electron chi connectivity index (χ2n) is 6.61. The van der Waals surface area contributed by atoms with Crippen LogP contribution in [0.5, 0.6) is 11.5 Å². The summed E-state index contributed by atoms with van der Waals surface area (Å²) in [4.78, 5) is 29.5. The van der Waals surface area contributed by atoms with Gasteiger partial charge in [-0.15, -0.1) is 0 Å². The Labute approximate surface area is 165 Å². The molecule has 5 aromatic rings. The molecule has 0 atom stereocenters. The number of carbonyl (C=O) groups excluding carboxylic acids is 1. The van der Waals surface area contributed by atoms with Crippen molar-refractivity contribution < 1.29 is 14.3 Å². The van der Waals surface area contributed by atoms with Crippen LogP contribution in [0.15, 0.2) is 71.8 Å². The van der Waals surface area contributed by atoms with Crippen molar-refractivity contribution in [3.8, 4) is 11.5 Å². The smallest absolute Gasteiger partial charge is 0.338 e. The summed E-state index contributed by atoms with van der Waals surface area (Å²) >= 11 is 0. The van der Waals surface area contributed by atoms with Crippen LogP contribution in [-0.2, 0) is 4.74 Å². The number of hydrogen-bond acceptors (Lipinski definition) is 5. The lowest BCUT2D eigenvalue weighted by Gasteiger charge is -2.11. The Balaban J connectivity index is 1.65. The molecule has 29 heavy (non-hydrogen) atoms. The van der Waals surface area contributed by atoms with Crippen LogP contribution in [0.2, 0.25) is 0 Å². The minimum atomic E-state index is -0.383. The van der Waals surface area contributed by atoms with Gasteiger partial charge in [0, 0.05) is 5.39 Å². The largest absolute Gasteiger partial charge is 0.462 e. The minimum Gasteiger partial charge on any atom is -0.462 e. The Kier molecular flexibility index (Phi) is 3.91. The van der Waals surface area contributed by atoms with Crippen LogP contribution in [0, 0.1) is 0 Å². The minimum absolute atomic E-state index is 0.0997. The van der Waals surface area contributed by atoms with E-state index in [9.17, 15) is 9.59 Å². The Hall–Kier alpha value is -3.93. The number of carbonyl (C=O) groups is 1. The lowest BCUT2D eigenvalue weighted by molar-refractivity contribution is 0.0526. The van der Waals surface area contributed by atoms with Gasteiger partial charge in [-0.2, -0.15) is 0 Å². The molecule has 0 aliphatic heterocycles. The summed E-state index contributed by atoms with van der Waals surface area (Å²) < 4.78 is 12.9. The van der Waals surface area contributed by atoms with Crippen molar-refractivity contribution in [1.82, 2.24) is 9.38 Å². The quantitative estimate of drug-likeness (QED) is 0.339. The molecule has 0 unspecified atom stereocenters. The van der Waals surface area contributed by atoms with E-state index in [2.05, 4.69) is 4.98 Å². The monoisotopic (exact) mass is 384 g/mol. The third-order valence-corrected chi connectivity index (χ3v) is 4.90. The topological polar surface area (TPSA) is 69.9 Å². The van der Waals surface area contributed by atoms with Crippen molar-refractivity contribution in [2.24, 2.45) is 0 Å². The number of ether oxygens (including phenoxy) is 2. The van der Waals surface area contributed by atoms with Crippen LogP contribution >= 0.6 is 0 Å². The summed E-state index contributed by atoms with van der Waals surface area (Å²) in [7, 11) is 0. The molecule has 142 valence electrons. The Morgan fingerprint density at radius 3 is 2.62 bits per heavy atom. The molecular weight excluding hydrogens is 368 g/mol. The average molecular weight is 384 g/mol. The fourth-order valence-corrected chi connectivity index (χ4v) is 3.59. The highest BCUT2D eigenvalue weighted by atomic mass is 16.5. The van der Waals surface area contributed by atoms with Gasteiger partial charge in [0.15, 0.2) is 0 Å². The van der Waals surface area contributed by atoms with Crippen molar-refractivity contribution in [1.29, 1.82) is 0 Å². The maximum Gasteiger partial charge on any atom is 0.338 e. The van der Waals surface area contributed by atoms with Crippen LogP contribution in [0.4, 0.5) is 0 Å². The van der Waals surface area contributed by atoms with Crippen LogP contribution in [0.1, 0.15) is 17.3 Å². The number of nitrogens with zero attached hydrogens (tertiary/aromatic N) is 2. The molecule has 0 spiro atoms. The highest BCUT2D eigenvalue weighted by molar-refractivity contribution is 6.04. The van der Waals surface area contributed by atoms with Gasteiger partial charge in [0.1, 0.15) is 17.8 Å². The Morgan fingerprint density at radius 1 is 1.03 bits per heavy atom. The molecule has 0 fully saturated rings. The molecule has 0 bridgehead atoms. The van der Waals surface area contributed by atoms with Crippen LogP contribution in [0.3, 0.4) is 0 Å². The summed E-state index contributed by atoms with van der Waals surface area (Å²) in [5, 5.41) is 1.08. The first-order valence-corrected chi connectivity index (χ1v) is 9.26. The SMILES string of the molecule is CCOC(=O)c1ccc(Oc2ccc3ncn4c5ccccc5c(=O)c2c34)cc1. The van der Waals surface area contributed by atoms with Crippen LogP contribution in [0.25, 0.3) is 27.3 Å². The molecule has 0 amide bonds. The fourth-order valence-electron chi connectivity index (χ4n) is 3.59. The molecule has 6 nitrogen and oxygen atoms in total. The summed E-state index contributed by atoms with van der Waals surface area (Å²) in [6.07, 6.45) is 1.72. The van der Waals surface area contributed by atoms with Crippen molar-refractivity contribution in [2.45, 2.75) is 6.92 Å². The number of rotatable bonds is 4. The van der Waals surface area contributed by atoms with E-state index in [0.717, 1.165) is 16.6 Å². The first-order chi connectivity index (χ1) is 14.2. The van der Waals surface area contributed by atoms with Gasteiger partial charge in [0.25, 0.3) is 0 Å². The number of benzene rings is 3. The molecule has 3 aromatic carbocycles. The average Bonchev–Trinajstić information content (AvgIpc) is 3.18. The predicted molar refractivity (Wildman–Crippen MR) is 110 cm³/mol. The lowest BCUT2D eigenvalue weighted by Crippen LogP contribution is -2.07. The number of esters is 1. The molecular formula is C23H16N2O4. The van der Waals surface area contributed by atoms with Crippen LogP contribution in [-0.4, -0.2) is 22.0 Å². The van der Waals surface area contributed by atoms with Gasteiger partial charge in [-0.1, -0.05) is 12.1 Å². The lowest BCUT2D eigenvalue weighted by atomic mass is 10.1.